The fraction of sp³-hybridized carbons (Fsp3) is 0.526. The minimum absolute atomic E-state index is 0.119. The third-order valence-corrected chi connectivity index (χ3v) is 4.85. The van der Waals surface area contributed by atoms with Gasteiger partial charge in [0, 0.05) is 11.6 Å². The Balaban J connectivity index is 1.38. The number of esters is 1. The van der Waals surface area contributed by atoms with Crippen molar-refractivity contribution >= 4 is 17.8 Å². The molecule has 1 aliphatic carbocycles. The summed E-state index contributed by atoms with van der Waals surface area (Å²) in [7, 11) is 0. The first kappa shape index (κ1) is 19.0. The molecule has 146 valence electrons. The fourth-order valence-corrected chi connectivity index (χ4v) is 3.27. The molecule has 8 nitrogen and oxygen atoms in total. The summed E-state index contributed by atoms with van der Waals surface area (Å²) in [6, 6.07) is 4.89. The monoisotopic (exact) mass is 376 g/mol. The Bertz CT molecular complexity index is 720. The van der Waals surface area contributed by atoms with Gasteiger partial charge in [0.15, 0.2) is 18.1 Å². The van der Waals surface area contributed by atoms with Crippen LogP contribution in [-0.2, 0) is 14.3 Å². The van der Waals surface area contributed by atoms with E-state index in [2.05, 4.69) is 17.6 Å². The van der Waals surface area contributed by atoms with E-state index >= 15 is 0 Å². The third kappa shape index (κ3) is 5.12. The van der Waals surface area contributed by atoms with Gasteiger partial charge in [0.25, 0.3) is 11.8 Å². The molecule has 0 saturated heterocycles. The lowest BCUT2D eigenvalue weighted by Gasteiger charge is -2.29. The Hall–Kier alpha value is -2.77. The minimum Gasteiger partial charge on any atom is -0.454 e. The lowest BCUT2D eigenvalue weighted by atomic mass is 9.86. The number of nitrogens with one attached hydrogen (secondary N) is 2. The number of carbonyl (C=O) groups is 3. The maximum absolute atomic E-state index is 12.1. The Kier molecular flexibility index (Phi) is 6.16. The molecule has 2 aliphatic rings. The summed E-state index contributed by atoms with van der Waals surface area (Å²) in [6.07, 6.45) is 4.33. The van der Waals surface area contributed by atoms with E-state index in [0.29, 0.717) is 23.0 Å². The van der Waals surface area contributed by atoms with Crippen LogP contribution in [0, 0.1) is 5.92 Å². The van der Waals surface area contributed by atoms with Crippen molar-refractivity contribution in [3.63, 3.8) is 0 Å². The number of benzene rings is 1. The highest BCUT2D eigenvalue weighted by atomic mass is 16.7. The van der Waals surface area contributed by atoms with Crippen LogP contribution in [-0.4, -0.2) is 43.8 Å². The van der Waals surface area contributed by atoms with Crippen LogP contribution in [0.4, 0.5) is 0 Å². The number of carbonyl (C=O) groups excluding carboxylic acids is 3. The normalized spacial score (nSPS) is 20.6. The molecule has 27 heavy (non-hydrogen) atoms. The molecule has 1 saturated carbocycles. The first-order valence-electron chi connectivity index (χ1n) is 9.16. The molecule has 8 heteroatoms. The highest BCUT2D eigenvalue weighted by molar-refractivity contribution is 5.96. The van der Waals surface area contributed by atoms with Gasteiger partial charge in [0.1, 0.15) is 6.54 Å². The first-order valence-corrected chi connectivity index (χ1v) is 9.16. The minimum atomic E-state index is -0.670. The SMILES string of the molecule is C[C@H]1CCCC[C@@H]1NC(=O)COC(=O)CNC(=O)c1ccc2c(c1)OCO2. The smallest absolute Gasteiger partial charge is 0.325 e. The second-order valence-electron chi connectivity index (χ2n) is 6.85. The zero-order valence-corrected chi connectivity index (χ0v) is 15.3. The van der Waals surface area contributed by atoms with E-state index in [9.17, 15) is 14.4 Å². The largest absolute Gasteiger partial charge is 0.454 e. The molecule has 2 N–H and O–H groups in total. The molecular weight excluding hydrogens is 352 g/mol. The number of fused-ring (bicyclic) bond motifs is 1. The zero-order valence-electron chi connectivity index (χ0n) is 15.3. The highest BCUT2D eigenvalue weighted by Crippen LogP contribution is 2.32. The number of hydrogen-bond donors (Lipinski definition) is 2. The standard InChI is InChI=1S/C19H24N2O6/c1-12-4-2-3-5-14(12)21-17(22)10-25-18(23)9-20-19(24)13-6-7-15-16(8-13)27-11-26-15/h6-8,12,14H,2-5,9-11H2,1H3,(H,20,24)(H,21,22)/t12-,14-/m0/s1. The van der Waals surface area contributed by atoms with Gasteiger partial charge < -0.3 is 24.8 Å². The topological polar surface area (TPSA) is 103 Å². The molecule has 1 aromatic carbocycles. The van der Waals surface area contributed by atoms with Gasteiger partial charge in [-0.05, 0) is 37.0 Å². The fourth-order valence-electron chi connectivity index (χ4n) is 3.27. The first-order chi connectivity index (χ1) is 13.0. The summed E-state index contributed by atoms with van der Waals surface area (Å²) >= 11 is 0. The van der Waals surface area contributed by atoms with Crippen LogP contribution in [0.25, 0.3) is 0 Å². The van der Waals surface area contributed by atoms with Gasteiger partial charge in [-0.25, -0.2) is 0 Å². The van der Waals surface area contributed by atoms with Crippen LogP contribution in [0.5, 0.6) is 11.5 Å². The van der Waals surface area contributed by atoms with Crippen molar-refractivity contribution < 1.29 is 28.6 Å². The second-order valence-corrected chi connectivity index (χ2v) is 6.85. The Labute approximate surface area is 157 Å². The molecule has 3 rings (SSSR count). The molecule has 2 amide bonds. The molecule has 0 radical (unpaired) electrons. The van der Waals surface area contributed by atoms with Gasteiger partial charge in [0.05, 0.1) is 0 Å². The van der Waals surface area contributed by atoms with Crippen LogP contribution in [0.15, 0.2) is 18.2 Å². The van der Waals surface area contributed by atoms with Crippen molar-refractivity contribution in [1.82, 2.24) is 10.6 Å². The third-order valence-electron chi connectivity index (χ3n) is 4.85. The van der Waals surface area contributed by atoms with Gasteiger partial charge in [-0.2, -0.15) is 0 Å². The predicted octanol–water partition coefficient (Wildman–Crippen LogP) is 1.38. The van der Waals surface area contributed by atoms with Gasteiger partial charge >= 0.3 is 5.97 Å². The van der Waals surface area contributed by atoms with Gasteiger partial charge in [0.2, 0.25) is 6.79 Å². The second kappa shape index (κ2) is 8.75. The van der Waals surface area contributed by atoms with Gasteiger partial charge in [-0.1, -0.05) is 19.8 Å². The Morgan fingerprint density at radius 1 is 1.15 bits per heavy atom. The number of ether oxygens (including phenoxy) is 3. The molecule has 0 bridgehead atoms. The summed E-state index contributed by atoms with van der Waals surface area (Å²) in [5, 5.41) is 5.37. The van der Waals surface area contributed by atoms with Crippen LogP contribution in [0.3, 0.4) is 0 Å². The maximum atomic E-state index is 12.1. The maximum Gasteiger partial charge on any atom is 0.325 e. The van der Waals surface area contributed by atoms with E-state index in [1.165, 1.54) is 6.42 Å². The van der Waals surface area contributed by atoms with Crippen LogP contribution < -0.4 is 20.1 Å². The van der Waals surface area contributed by atoms with Crippen molar-refractivity contribution in [3.8, 4) is 11.5 Å². The van der Waals surface area contributed by atoms with E-state index in [1.807, 2.05) is 0 Å². The molecule has 0 aromatic heterocycles. The van der Waals surface area contributed by atoms with E-state index < -0.39 is 11.9 Å². The average molecular weight is 376 g/mol. The van der Waals surface area contributed by atoms with Crippen molar-refractivity contribution in [1.29, 1.82) is 0 Å². The molecule has 1 aliphatic heterocycles. The van der Waals surface area contributed by atoms with E-state index in [1.54, 1.807) is 18.2 Å². The van der Waals surface area contributed by atoms with Gasteiger partial charge in [-0.15, -0.1) is 0 Å². The number of rotatable bonds is 6. The number of hydrogen-bond acceptors (Lipinski definition) is 6. The molecule has 1 aromatic rings. The summed E-state index contributed by atoms with van der Waals surface area (Å²) in [4.78, 5) is 35.8. The van der Waals surface area contributed by atoms with E-state index in [-0.39, 0.29) is 31.9 Å². The van der Waals surface area contributed by atoms with Crippen LogP contribution >= 0.6 is 0 Å². The molecule has 1 fully saturated rings. The Morgan fingerprint density at radius 3 is 2.74 bits per heavy atom. The predicted molar refractivity (Wildman–Crippen MR) is 95.4 cm³/mol. The zero-order chi connectivity index (χ0) is 19.2. The lowest BCUT2D eigenvalue weighted by molar-refractivity contribution is -0.147. The molecule has 0 unspecified atom stereocenters. The van der Waals surface area contributed by atoms with Crippen molar-refractivity contribution in [2.75, 3.05) is 19.9 Å². The summed E-state index contributed by atoms with van der Waals surface area (Å²) in [6.45, 7) is 1.57. The Morgan fingerprint density at radius 2 is 1.93 bits per heavy atom. The highest BCUT2D eigenvalue weighted by Gasteiger charge is 2.23. The summed E-state index contributed by atoms with van der Waals surface area (Å²) in [5.41, 5.74) is 0.344. The van der Waals surface area contributed by atoms with Gasteiger partial charge in [-0.3, -0.25) is 14.4 Å². The van der Waals surface area contributed by atoms with Crippen molar-refractivity contribution in [2.24, 2.45) is 5.92 Å². The molecule has 0 spiro atoms. The van der Waals surface area contributed by atoms with E-state index in [0.717, 1.165) is 19.3 Å². The lowest BCUT2D eigenvalue weighted by Crippen LogP contribution is -2.43. The van der Waals surface area contributed by atoms with Crippen molar-refractivity contribution in [3.05, 3.63) is 23.8 Å². The van der Waals surface area contributed by atoms with E-state index in [4.69, 9.17) is 14.2 Å². The molecular formula is C19H24N2O6. The summed E-state index contributed by atoms with van der Waals surface area (Å²) < 4.78 is 15.3. The molecule has 1 heterocycles. The van der Waals surface area contributed by atoms with Crippen LogP contribution in [0.2, 0.25) is 0 Å². The van der Waals surface area contributed by atoms with Crippen molar-refractivity contribution in [2.45, 2.75) is 38.6 Å². The number of amides is 2. The quantitative estimate of drug-likeness (QED) is 0.727. The molecule has 2 atom stereocenters. The summed E-state index contributed by atoms with van der Waals surface area (Å²) in [5.74, 6) is 0.0633. The average Bonchev–Trinajstić information content (AvgIpc) is 3.14. The van der Waals surface area contributed by atoms with Crippen LogP contribution in [0.1, 0.15) is 43.0 Å².